The number of rotatable bonds is 10. The third-order valence-corrected chi connectivity index (χ3v) is 16.6. The average Bonchev–Trinajstić information content (AvgIpc) is 3.45. The highest BCUT2D eigenvalue weighted by Crippen LogP contribution is 2.78. The van der Waals surface area contributed by atoms with E-state index in [1.807, 2.05) is 20.8 Å². The molecule has 11 nitrogen and oxygen atoms in total. The first-order chi connectivity index (χ1) is 25.2. The summed E-state index contributed by atoms with van der Waals surface area (Å²) in [5.74, 6) is -0.127. The Balaban J connectivity index is 1.35. The lowest BCUT2D eigenvalue weighted by atomic mass is 9.30. The molecule has 5 fully saturated rings. The smallest absolute Gasteiger partial charge is 0.407 e. The highest BCUT2D eigenvalue weighted by atomic mass is 16.6. The van der Waals surface area contributed by atoms with Crippen molar-refractivity contribution in [2.24, 2.45) is 67.1 Å². The molecule has 3 amide bonds. The van der Waals surface area contributed by atoms with Gasteiger partial charge in [-0.2, -0.15) is 0 Å². The van der Waals surface area contributed by atoms with Gasteiger partial charge in [0.2, 0.25) is 5.91 Å². The van der Waals surface area contributed by atoms with Gasteiger partial charge in [0.05, 0.1) is 11.8 Å². The van der Waals surface area contributed by atoms with E-state index in [0.29, 0.717) is 31.3 Å². The number of nitroso groups, excluding NO2 is 1. The molecule has 0 aromatic rings. The molecular weight excluding hydrogens is 697 g/mol. The number of fused-ring (bicyclic) bond motifs is 7. The number of alkyl carbamates (subject to hydrolysis) is 1. The fraction of sp³-hybridized carbons (Fsp3) is 0.864. The van der Waals surface area contributed by atoms with Crippen LogP contribution in [0.5, 0.6) is 0 Å². The van der Waals surface area contributed by atoms with E-state index in [0.717, 1.165) is 69.8 Å². The van der Waals surface area contributed by atoms with Gasteiger partial charge in [-0.3, -0.25) is 14.4 Å². The fourth-order valence-electron chi connectivity index (χ4n) is 13.8. The maximum absolute atomic E-state index is 13.7. The van der Waals surface area contributed by atoms with Crippen molar-refractivity contribution in [2.75, 3.05) is 13.1 Å². The number of ether oxygens (including phenoxy) is 2. The predicted octanol–water partition coefficient (Wildman–Crippen LogP) is 8.38. The van der Waals surface area contributed by atoms with Gasteiger partial charge in [0.25, 0.3) is 5.91 Å². The van der Waals surface area contributed by atoms with Gasteiger partial charge in [-0.25, -0.2) is 4.79 Å². The molecule has 0 radical (unpaired) electrons. The highest BCUT2D eigenvalue weighted by molar-refractivity contribution is 5.87. The van der Waals surface area contributed by atoms with Crippen LogP contribution >= 0.6 is 0 Å². The maximum Gasteiger partial charge on any atom is 0.407 e. The monoisotopic (exact) mass is 769 g/mol. The summed E-state index contributed by atoms with van der Waals surface area (Å²) in [6, 6.07) is 0. The summed E-state index contributed by atoms with van der Waals surface area (Å²) in [7, 11) is 0. The molecule has 55 heavy (non-hydrogen) atoms. The minimum Gasteiger partial charge on any atom is -0.462 e. The zero-order valence-corrected chi connectivity index (χ0v) is 35.9. The standard InChI is InChI=1S/C44H72N4O7/c1-27(2)28-13-19-43(25-32(49)46-23-24-47-36(52)55-37(3,4)5)22-21-42(12)41(11)18-14-29-39(8,9)31(54-33(50)26-38(6,7)35(51)48-53)16-17-40(29,10)30(41)15-20-44(42,45)34(28)43/h28-31,34H,1,13-26,45H2,2-12H3,(H,46,49)(H,47,52)/t28-,29-,30+,31?,34-,40-,41?,42-,43?,44-/m0/s1. The van der Waals surface area contributed by atoms with Crippen LogP contribution in [0.2, 0.25) is 0 Å². The summed E-state index contributed by atoms with van der Waals surface area (Å²) in [6.45, 7) is 27.9. The van der Waals surface area contributed by atoms with Gasteiger partial charge in [-0.05, 0) is 137 Å². The minimum atomic E-state index is -1.20. The Labute approximate surface area is 330 Å². The number of nitrogens with zero attached hydrogens (tertiary/aromatic N) is 1. The number of carbonyl (C=O) groups excluding carboxylic acids is 4. The molecule has 0 heterocycles. The van der Waals surface area contributed by atoms with Gasteiger partial charge in [-0.1, -0.05) is 60.6 Å². The van der Waals surface area contributed by atoms with Crippen molar-refractivity contribution in [1.29, 1.82) is 0 Å². The molecule has 0 aromatic heterocycles. The number of allylic oxidation sites excluding steroid dienone is 1. The largest absolute Gasteiger partial charge is 0.462 e. The Morgan fingerprint density at radius 2 is 1.47 bits per heavy atom. The van der Waals surface area contributed by atoms with Gasteiger partial charge in [0.15, 0.2) is 0 Å². The van der Waals surface area contributed by atoms with Crippen molar-refractivity contribution >= 4 is 23.9 Å². The second-order valence-electron chi connectivity index (χ2n) is 21.6. The number of amides is 3. The molecular formula is C44H72N4O7. The third kappa shape index (κ3) is 7.30. The molecule has 11 heteroatoms. The zero-order chi connectivity index (χ0) is 41.2. The first-order valence-corrected chi connectivity index (χ1v) is 21.0. The second-order valence-corrected chi connectivity index (χ2v) is 21.6. The lowest BCUT2D eigenvalue weighted by Gasteiger charge is -2.75. The Kier molecular flexibility index (Phi) is 11.4. The predicted molar refractivity (Wildman–Crippen MR) is 213 cm³/mol. The van der Waals surface area contributed by atoms with Crippen LogP contribution in [0, 0.1) is 61.1 Å². The summed E-state index contributed by atoms with van der Waals surface area (Å²) in [6.07, 6.45) is 8.99. The van der Waals surface area contributed by atoms with Crippen molar-refractivity contribution in [1.82, 2.24) is 10.6 Å². The molecule has 5 saturated carbocycles. The first-order valence-electron chi connectivity index (χ1n) is 21.0. The van der Waals surface area contributed by atoms with Gasteiger partial charge in [0.1, 0.15) is 11.7 Å². The molecule has 5 aliphatic rings. The molecule has 0 aliphatic heterocycles. The van der Waals surface area contributed by atoms with Crippen LogP contribution in [0.25, 0.3) is 0 Å². The molecule has 10 atom stereocenters. The van der Waals surface area contributed by atoms with E-state index < -0.39 is 34.5 Å². The number of nitrogens with two attached hydrogens (primary N) is 1. The first kappa shape index (κ1) is 43.3. The number of esters is 1. The summed E-state index contributed by atoms with van der Waals surface area (Å²) < 4.78 is 11.5. The third-order valence-electron chi connectivity index (χ3n) is 16.6. The molecule has 3 unspecified atom stereocenters. The summed E-state index contributed by atoms with van der Waals surface area (Å²) in [5.41, 5.74) is 6.30. The van der Waals surface area contributed by atoms with Crippen LogP contribution in [0.15, 0.2) is 17.3 Å². The highest BCUT2D eigenvalue weighted by Gasteiger charge is 2.75. The summed E-state index contributed by atoms with van der Waals surface area (Å²) >= 11 is 0. The van der Waals surface area contributed by atoms with Crippen molar-refractivity contribution < 1.29 is 28.7 Å². The van der Waals surface area contributed by atoms with Crippen LogP contribution < -0.4 is 16.4 Å². The molecule has 0 spiro atoms. The summed E-state index contributed by atoms with van der Waals surface area (Å²) in [4.78, 5) is 62.1. The van der Waals surface area contributed by atoms with E-state index in [2.05, 4.69) is 63.9 Å². The lowest BCUT2D eigenvalue weighted by Crippen LogP contribution is -2.76. The van der Waals surface area contributed by atoms with Crippen LogP contribution in [0.1, 0.15) is 153 Å². The molecule has 5 aliphatic carbocycles. The van der Waals surface area contributed by atoms with Gasteiger partial charge in [-0.15, -0.1) is 4.91 Å². The van der Waals surface area contributed by atoms with Crippen molar-refractivity contribution in [3.63, 3.8) is 0 Å². The molecule has 0 saturated heterocycles. The van der Waals surface area contributed by atoms with Gasteiger partial charge < -0.3 is 25.8 Å². The van der Waals surface area contributed by atoms with E-state index in [1.165, 1.54) is 0 Å². The number of carbonyl (C=O) groups is 4. The average molecular weight is 769 g/mol. The quantitative estimate of drug-likeness (QED) is 0.0863. The topological polar surface area (TPSA) is 166 Å². The van der Waals surface area contributed by atoms with E-state index in [1.54, 1.807) is 13.8 Å². The van der Waals surface area contributed by atoms with Gasteiger partial charge in [0, 0.05) is 35.6 Å². The van der Waals surface area contributed by atoms with E-state index in [4.69, 9.17) is 15.2 Å². The Bertz CT molecular complexity index is 1570. The van der Waals surface area contributed by atoms with Crippen LogP contribution in [-0.2, 0) is 23.9 Å². The van der Waals surface area contributed by atoms with E-state index >= 15 is 0 Å². The SMILES string of the molecule is C=C(C)[C@@H]1CCC2(CC(=O)NCCNC(=O)OC(C)(C)C)CC[C@@]3(C)C4(C)CC[C@H]5C(C)(C)C(OC(=O)CC(C)(C)C(=O)N=O)CC[C@]5(C)[C@H]4CC[C@]3(N)[C@@H]12. The van der Waals surface area contributed by atoms with Crippen molar-refractivity contribution in [2.45, 2.75) is 170 Å². The van der Waals surface area contributed by atoms with E-state index in [9.17, 15) is 24.1 Å². The molecule has 310 valence electrons. The van der Waals surface area contributed by atoms with Gasteiger partial charge >= 0.3 is 12.1 Å². The molecule has 0 aromatic carbocycles. The summed E-state index contributed by atoms with van der Waals surface area (Å²) in [5, 5.41) is 8.40. The van der Waals surface area contributed by atoms with E-state index in [-0.39, 0.29) is 57.3 Å². The second kappa shape index (κ2) is 14.5. The molecule has 0 bridgehead atoms. The lowest BCUT2D eigenvalue weighted by molar-refractivity contribution is -0.256. The fourth-order valence-corrected chi connectivity index (χ4v) is 13.8. The number of hydrogen-bond acceptors (Lipinski definition) is 8. The van der Waals surface area contributed by atoms with Crippen molar-refractivity contribution in [3.8, 4) is 0 Å². The van der Waals surface area contributed by atoms with Crippen LogP contribution in [0.3, 0.4) is 0 Å². The Morgan fingerprint density at radius 3 is 2.09 bits per heavy atom. The maximum atomic E-state index is 13.7. The molecule has 5 rings (SSSR count). The number of hydrogen-bond donors (Lipinski definition) is 3. The zero-order valence-electron chi connectivity index (χ0n) is 35.9. The van der Waals surface area contributed by atoms with Crippen LogP contribution in [-0.4, -0.2) is 54.2 Å². The van der Waals surface area contributed by atoms with Crippen LogP contribution in [0.4, 0.5) is 4.79 Å². The molecule has 4 N–H and O–H groups in total. The number of nitrogens with one attached hydrogen (secondary N) is 2. The normalized spacial score (nSPS) is 39.2. The minimum absolute atomic E-state index is 0.00809. The Morgan fingerprint density at radius 1 is 0.836 bits per heavy atom. The van der Waals surface area contributed by atoms with Crippen molar-refractivity contribution in [3.05, 3.63) is 17.1 Å². The Hall–Kier alpha value is -2.82.